The molecular formula is C17H19F3N2O2. The van der Waals surface area contributed by atoms with Crippen molar-refractivity contribution in [3.8, 4) is 0 Å². The van der Waals surface area contributed by atoms with Gasteiger partial charge in [-0.05, 0) is 38.3 Å². The molecule has 1 aromatic carbocycles. The molecule has 7 heteroatoms. The molecule has 0 radical (unpaired) electrons. The van der Waals surface area contributed by atoms with Crippen molar-refractivity contribution >= 4 is 11.6 Å². The van der Waals surface area contributed by atoms with Crippen LogP contribution >= 0.6 is 0 Å². The fourth-order valence-corrected chi connectivity index (χ4v) is 3.50. The monoisotopic (exact) mass is 340 g/mol. The van der Waals surface area contributed by atoms with Crippen LogP contribution in [0.15, 0.2) is 29.4 Å². The van der Waals surface area contributed by atoms with E-state index in [2.05, 4.69) is 5.10 Å². The summed E-state index contributed by atoms with van der Waals surface area (Å²) in [5.41, 5.74) is -2.17. The number of fused-ring (bicyclic) bond motifs is 1. The van der Waals surface area contributed by atoms with Crippen molar-refractivity contribution < 1.29 is 23.1 Å². The molecule has 1 amide bonds. The second-order valence-electron chi connectivity index (χ2n) is 6.45. The number of aliphatic hydroxyl groups is 1. The number of hydrogen-bond donors (Lipinski definition) is 1. The zero-order chi connectivity index (χ0) is 17.5. The van der Waals surface area contributed by atoms with Crippen molar-refractivity contribution in [1.82, 2.24) is 5.01 Å². The van der Waals surface area contributed by atoms with E-state index in [1.807, 2.05) is 0 Å². The summed E-state index contributed by atoms with van der Waals surface area (Å²) in [7, 11) is 0. The lowest BCUT2D eigenvalue weighted by Crippen LogP contribution is -2.61. The number of alkyl halides is 3. The minimum atomic E-state index is -4.98. The summed E-state index contributed by atoms with van der Waals surface area (Å²) < 4.78 is 41.2. The van der Waals surface area contributed by atoms with Crippen molar-refractivity contribution in [2.45, 2.75) is 50.9 Å². The third kappa shape index (κ3) is 2.60. The Morgan fingerprint density at radius 1 is 1.33 bits per heavy atom. The molecule has 130 valence electrons. The van der Waals surface area contributed by atoms with Gasteiger partial charge in [0.1, 0.15) is 0 Å². The first-order chi connectivity index (χ1) is 11.2. The van der Waals surface area contributed by atoms with Crippen LogP contribution in [0.1, 0.15) is 48.0 Å². The number of rotatable bonds is 1. The number of nitrogens with zero attached hydrogens (tertiary/aromatic N) is 2. The summed E-state index contributed by atoms with van der Waals surface area (Å²) in [6.07, 6.45) is -2.33. The minimum absolute atomic E-state index is 0.0819. The number of halogens is 3. The molecule has 24 heavy (non-hydrogen) atoms. The van der Waals surface area contributed by atoms with E-state index in [0.29, 0.717) is 12.8 Å². The first kappa shape index (κ1) is 17.0. The Morgan fingerprint density at radius 2 is 2.08 bits per heavy atom. The summed E-state index contributed by atoms with van der Waals surface area (Å²) in [6.45, 7) is 1.74. The molecule has 1 N–H and O–H groups in total. The Hall–Kier alpha value is -1.89. The number of hydrazone groups is 1. The quantitative estimate of drug-likeness (QED) is 0.849. The van der Waals surface area contributed by atoms with Crippen LogP contribution < -0.4 is 0 Å². The van der Waals surface area contributed by atoms with Gasteiger partial charge in [-0.3, -0.25) is 4.79 Å². The predicted molar refractivity (Wildman–Crippen MR) is 82.4 cm³/mol. The highest BCUT2D eigenvalue weighted by Gasteiger charge is 2.68. The van der Waals surface area contributed by atoms with Gasteiger partial charge in [0.2, 0.25) is 0 Å². The molecule has 1 aromatic rings. The van der Waals surface area contributed by atoms with Crippen LogP contribution in [0.3, 0.4) is 0 Å². The van der Waals surface area contributed by atoms with Crippen molar-refractivity contribution in [3.05, 3.63) is 35.4 Å². The maximum atomic E-state index is 13.7. The molecule has 2 aliphatic rings. The van der Waals surface area contributed by atoms with Gasteiger partial charge in [-0.15, -0.1) is 0 Å². The minimum Gasteiger partial charge on any atom is -0.362 e. The van der Waals surface area contributed by atoms with E-state index in [9.17, 15) is 23.1 Å². The largest absolute Gasteiger partial charge is 0.439 e. The molecule has 1 fully saturated rings. The molecule has 1 heterocycles. The molecule has 0 saturated heterocycles. The molecule has 1 saturated carbocycles. The van der Waals surface area contributed by atoms with E-state index < -0.39 is 23.7 Å². The normalized spacial score (nSPS) is 27.5. The zero-order valence-corrected chi connectivity index (χ0v) is 13.3. The lowest BCUT2D eigenvalue weighted by molar-refractivity contribution is -0.312. The Bertz CT molecular complexity index is 687. The average molecular weight is 340 g/mol. The Labute approximate surface area is 138 Å². The van der Waals surface area contributed by atoms with Crippen molar-refractivity contribution in [1.29, 1.82) is 0 Å². The Balaban J connectivity index is 2.05. The smallest absolute Gasteiger partial charge is 0.362 e. The lowest BCUT2D eigenvalue weighted by atomic mass is 9.87. The second-order valence-corrected chi connectivity index (χ2v) is 6.45. The first-order valence-corrected chi connectivity index (χ1v) is 8.03. The molecule has 2 unspecified atom stereocenters. The SMILES string of the molecule is Cc1cccc(C(=O)N2N=C3CCCCCC3C2(O)C(F)(F)F)c1. The summed E-state index contributed by atoms with van der Waals surface area (Å²) in [4.78, 5) is 12.6. The number of carbonyl (C=O) groups is 1. The number of aryl methyl sites for hydroxylation is 1. The van der Waals surface area contributed by atoms with Crippen molar-refractivity contribution in [2.24, 2.45) is 11.0 Å². The van der Waals surface area contributed by atoms with E-state index in [0.717, 1.165) is 18.4 Å². The standard InChI is InChI=1S/C17H19F3N2O2/c1-11-6-5-7-12(10-11)15(23)22-16(24,17(18,19)20)13-8-3-2-4-9-14(13)21-22/h5-7,10,13,24H,2-4,8-9H2,1H3. The maximum Gasteiger partial charge on any atom is 0.439 e. The van der Waals surface area contributed by atoms with Crippen LogP contribution in [-0.4, -0.2) is 33.6 Å². The fourth-order valence-electron chi connectivity index (χ4n) is 3.50. The van der Waals surface area contributed by atoms with Gasteiger partial charge in [0, 0.05) is 11.3 Å². The highest BCUT2D eigenvalue weighted by Crippen LogP contribution is 2.48. The fraction of sp³-hybridized carbons (Fsp3) is 0.529. The van der Waals surface area contributed by atoms with E-state index in [1.165, 1.54) is 12.1 Å². The Kier molecular flexibility index (Phi) is 4.15. The number of amides is 1. The molecule has 0 spiro atoms. The molecular weight excluding hydrogens is 321 g/mol. The number of hydrogen-bond acceptors (Lipinski definition) is 3. The topological polar surface area (TPSA) is 52.9 Å². The van der Waals surface area contributed by atoms with Gasteiger partial charge in [-0.2, -0.15) is 23.3 Å². The molecule has 0 bridgehead atoms. The lowest BCUT2D eigenvalue weighted by Gasteiger charge is -2.37. The second kappa shape index (κ2) is 5.88. The van der Waals surface area contributed by atoms with E-state index in [1.54, 1.807) is 19.1 Å². The van der Waals surface area contributed by atoms with Crippen LogP contribution in [0.2, 0.25) is 0 Å². The van der Waals surface area contributed by atoms with Crippen molar-refractivity contribution in [2.75, 3.05) is 0 Å². The summed E-state index contributed by atoms with van der Waals surface area (Å²) in [5.74, 6) is -2.12. The summed E-state index contributed by atoms with van der Waals surface area (Å²) in [5, 5.41) is 14.8. The number of benzene rings is 1. The summed E-state index contributed by atoms with van der Waals surface area (Å²) in [6, 6.07) is 6.26. The molecule has 1 aliphatic carbocycles. The van der Waals surface area contributed by atoms with Crippen LogP contribution in [0.25, 0.3) is 0 Å². The van der Waals surface area contributed by atoms with E-state index in [-0.39, 0.29) is 22.7 Å². The maximum absolute atomic E-state index is 13.7. The highest BCUT2D eigenvalue weighted by atomic mass is 19.4. The first-order valence-electron chi connectivity index (χ1n) is 8.03. The third-order valence-electron chi connectivity index (χ3n) is 4.74. The van der Waals surface area contributed by atoms with Gasteiger partial charge in [0.15, 0.2) is 0 Å². The van der Waals surface area contributed by atoms with Crippen LogP contribution in [0.4, 0.5) is 13.2 Å². The van der Waals surface area contributed by atoms with E-state index in [4.69, 9.17) is 0 Å². The van der Waals surface area contributed by atoms with Crippen LogP contribution in [0, 0.1) is 12.8 Å². The highest BCUT2D eigenvalue weighted by molar-refractivity contribution is 5.99. The van der Waals surface area contributed by atoms with Gasteiger partial charge < -0.3 is 5.11 Å². The molecule has 2 atom stereocenters. The molecule has 0 aromatic heterocycles. The zero-order valence-electron chi connectivity index (χ0n) is 13.3. The van der Waals surface area contributed by atoms with Gasteiger partial charge in [0.25, 0.3) is 11.6 Å². The van der Waals surface area contributed by atoms with E-state index >= 15 is 0 Å². The predicted octanol–water partition coefficient (Wildman–Crippen LogP) is 3.64. The van der Waals surface area contributed by atoms with Gasteiger partial charge >= 0.3 is 6.18 Å². The van der Waals surface area contributed by atoms with Gasteiger partial charge in [0.05, 0.1) is 5.92 Å². The summed E-state index contributed by atoms with van der Waals surface area (Å²) >= 11 is 0. The third-order valence-corrected chi connectivity index (χ3v) is 4.74. The molecule has 3 rings (SSSR count). The molecule has 1 aliphatic heterocycles. The number of carbonyl (C=O) groups excluding carboxylic acids is 1. The van der Waals surface area contributed by atoms with Crippen molar-refractivity contribution in [3.63, 3.8) is 0 Å². The van der Waals surface area contributed by atoms with Crippen LogP contribution in [0.5, 0.6) is 0 Å². The Morgan fingerprint density at radius 3 is 2.75 bits per heavy atom. The van der Waals surface area contributed by atoms with Gasteiger partial charge in [-0.25, -0.2) is 0 Å². The molecule has 4 nitrogen and oxygen atoms in total. The van der Waals surface area contributed by atoms with Gasteiger partial charge in [-0.1, -0.05) is 30.5 Å². The van der Waals surface area contributed by atoms with Crippen LogP contribution in [-0.2, 0) is 0 Å². The average Bonchev–Trinajstić information content (AvgIpc) is 2.68.